The minimum Gasteiger partial charge on any atom is -0.448 e. The van der Waals surface area contributed by atoms with Gasteiger partial charge in [-0.1, -0.05) is 24.3 Å². The SMILES string of the molecule is CN(C)c1ccc(CN2CCN(CCOC(=O)N3CC=C(n4c(=O)[nH]c5ccccc54)CC3)CC2)cc1. The number of hydrogen-bond donors (Lipinski definition) is 1. The second kappa shape index (κ2) is 11.2. The first-order valence-electron chi connectivity index (χ1n) is 13.0. The highest BCUT2D eigenvalue weighted by molar-refractivity contribution is 5.79. The molecule has 0 saturated carbocycles. The monoisotopic (exact) mass is 504 g/mol. The van der Waals surface area contributed by atoms with E-state index in [4.69, 9.17) is 4.74 Å². The molecular formula is C28H36N6O3. The molecule has 9 heteroatoms. The highest BCUT2D eigenvalue weighted by atomic mass is 16.6. The number of carbonyl (C=O) groups is 1. The molecule has 0 atom stereocenters. The molecule has 9 nitrogen and oxygen atoms in total. The number of imidazole rings is 1. The van der Waals surface area contributed by atoms with Gasteiger partial charge in [0.25, 0.3) is 0 Å². The predicted octanol–water partition coefficient (Wildman–Crippen LogP) is 2.90. The van der Waals surface area contributed by atoms with Crippen LogP contribution in [0.2, 0.25) is 0 Å². The van der Waals surface area contributed by atoms with E-state index >= 15 is 0 Å². The Hall–Kier alpha value is -3.56. The van der Waals surface area contributed by atoms with Crippen molar-refractivity contribution in [3.63, 3.8) is 0 Å². The van der Waals surface area contributed by atoms with Crippen molar-refractivity contribution in [3.8, 4) is 0 Å². The lowest BCUT2D eigenvalue weighted by atomic mass is 10.1. The normalized spacial score (nSPS) is 17.1. The second-order valence-corrected chi connectivity index (χ2v) is 9.97. The minimum atomic E-state index is -0.290. The smallest absolute Gasteiger partial charge is 0.410 e. The number of piperazine rings is 1. The fraction of sp³-hybridized carbons (Fsp3) is 0.429. The molecule has 196 valence electrons. The molecule has 1 aromatic heterocycles. The number of ether oxygens (including phenoxy) is 1. The summed E-state index contributed by atoms with van der Waals surface area (Å²) in [5.41, 5.74) is 4.99. The van der Waals surface area contributed by atoms with Gasteiger partial charge in [0.15, 0.2) is 0 Å². The summed E-state index contributed by atoms with van der Waals surface area (Å²) >= 11 is 0. The molecule has 2 aliphatic heterocycles. The maximum atomic E-state index is 12.6. The number of nitrogens with zero attached hydrogens (tertiary/aromatic N) is 5. The number of benzene rings is 2. The van der Waals surface area contributed by atoms with Crippen molar-refractivity contribution in [1.29, 1.82) is 0 Å². The lowest BCUT2D eigenvalue weighted by Gasteiger charge is -2.34. The van der Waals surface area contributed by atoms with Crippen molar-refractivity contribution in [3.05, 3.63) is 70.7 Å². The number of H-pyrrole nitrogens is 1. The van der Waals surface area contributed by atoms with Crippen LogP contribution in [0.25, 0.3) is 16.7 Å². The first kappa shape index (κ1) is 25.1. The average Bonchev–Trinajstić information content (AvgIpc) is 3.25. The van der Waals surface area contributed by atoms with Crippen LogP contribution in [-0.4, -0.2) is 96.9 Å². The van der Waals surface area contributed by atoms with Crippen LogP contribution in [0.5, 0.6) is 0 Å². The number of aromatic amines is 1. The van der Waals surface area contributed by atoms with E-state index in [0.717, 1.165) is 56.0 Å². The molecule has 3 heterocycles. The number of rotatable bonds is 7. The molecule has 2 aromatic carbocycles. The van der Waals surface area contributed by atoms with E-state index in [-0.39, 0.29) is 11.8 Å². The largest absolute Gasteiger partial charge is 0.448 e. The van der Waals surface area contributed by atoms with Crippen molar-refractivity contribution >= 4 is 28.5 Å². The third-order valence-electron chi connectivity index (χ3n) is 7.28. The Morgan fingerprint density at radius 3 is 2.41 bits per heavy atom. The van der Waals surface area contributed by atoms with Crippen LogP contribution < -0.4 is 10.6 Å². The Balaban J connectivity index is 1.03. The molecule has 0 unspecified atom stereocenters. The summed E-state index contributed by atoms with van der Waals surface area (Å²) in [6, 6.07) is 16.4. The molecule has 3 aromatic rings. The highest BCUT2D eigenvalue weighted by Gasteiger charge is 2.22. The number of amides is 1. The molecule has 0 aliphatic carbocycles. The summed E-state index contributed by atoms with van der Waals surface area (Å²) in [7, 11) is 4.11. The molecule has 1 saturated heterocycles. The van der Waals surface area contributed by atoms with E-state index in [1.165, 1.54) is 11.3 Å². The van der Waals surface area contributed by atoms with Crippen LogP contribution in [-0.2, 0) is 11.3 Å². The van der Waals surface area contributed by atoms with Gasteiger partial charge >= 0.3 is 11.8 Å². The van der Waals surface area contributed by atoms with Gasteiger partial charge in [0, 0.05) is 84.3 Å². The Bertz CT molecular complexity index is 1300. The van der Waals surface area contributed by atoms with Gasteiger partial charge in [0.1, 0.15) is 6.61 Å². The number of nitrogens with one attached hydrogen (secondary N) is 1. The van der Waals surface area contributed by atoms with Crippen molar-refractivity contribution in [2.45, 2.75) is 13.0 Å². The van der Waals surface area contributed by atoms with Gasteiger partial charge in [-0.2, -0.15) is 0 Å². The fourth-order valence-corrected chi connectivity index (χ4v) is 5.05. The van der Waals surface area contributed by atoms with Gasteiger partial charge in [-0.25, -0.2) is 9.59 Å². The summed E-state index contributed by atoms with van der Waals surface area (Å²) in [4.78, 5) is 36.6. The Labute approximate surface area is 217 Å². The average molecular weight is 505 g/mol. The van der Waals surface area contributed by atoms with Crippen LogP contribution in [0.3, 0.4) is 0 Å². The standard InChI is InChI=1S/C28H36N6O3/c1-30(2)23-9-7-22(8-10-23)21-32-17-15-31(16-18-32)19-20-37-28(36)33-13-11-24(12-14-33)34-26-6-4-3-5-25(26)29-27(34)35/h3-11H,12-21H2,1-2H3,(H,29,35). The molecule has 1 fully saturated rings. The molecule has 0 spiro atoms. The van der Waals surface area contributed by atoms with Crippen molar-refractivity contribution in [1.82, 2.24) is 24.3 Å². The maximum Gasteiger partial charge on any atom is 0.410 e. The third-order valence-corrected chi connectivity index (χ3v) is 7.28. The first-order chi connectivity index (χ1) is 18.0. The van der Waals surface area contributed by atoms with Crippen LogP contribution in [0.15, 0.2) is 59.4 Å². The van der Waals surface area contributed by atoms with Crippen LogP contribution in [0.4, 0.5) is 10.5 Å². The van der Waals surface area contributed by atoms with Gasteiger partial charge in [0.05, 0.1) is 11.0 Å². The number of fused-ring (bicyclic) bond motifs is 1. The highest BCUT2D eigenvalue weighted by Crippen LogP contribution is 2.20. The van der Waals surface area contributed by atoms with E-state index in [2.05, 4.69) is 58.0 Å². The van der Waals surface area contributed by atoms with E-state index in [0.29, 0.717) is 26.1 Å². The van der Waals surface area contributed by atoms with E-state index in [9.17, 15) is 9.59 Å². The van der Waals surface area contributed by atoms with E-state index < -0.39 is 0 Å². The summed E-state index contributed by atoms with van der Waals surface area (Å²) in [6.45, 7) is 7.04. The van der Waals surface area contributed by atoms with Crippen molar-refractivity contribution < 1.29 is 9.53 Å². The molecule has 37 heavy (non-hydrogen) atoms. The molecular weight excluding hydrogens is 468 g/mol. The van der Waals surface area contributed by atoms with Crippen LogP contribution in [0, 0.1) is 0 Å². The van der Waals surface area contributed by atoms with Gasteiger partial charge < -0.3 is 19.5 Å². The molecule has 0 bridgehead atoms. The molecule has 2 aliphatic rings. The third kappa shape index (κ3) is 5.89. The summed E-state index contributed by atoms with van der Waals surface area (Å²) in [6.07, 6.45) is 2.26. The molecule has 1 amide bonds. The Kier molecular flexibility index (Phi) is 7.62. The second-order valence-electron chi connectivity index (χ2n) is 9.97. The summed E-state index contributed by atoms with van der Waals surface area (Å²) < 4.78 is 7.29. The molecule has 1 N–H and O–H groups in total. The fourth-order valence-electron chi connectivity index (χ4n) is 5.05. The van der Waals surface area contributed by atoms with Gasteiger partial charge in [0.2, 0.25) is 0 Å². The predicted molar refractivity (Wildman–Crippen MR) is 147 cm³/mol. The first-order valence-corrected chi connectivity index (χ1v) is 13.0. The van der Waals surface area contributed by atoms with Crippen LogP contribution in [0.1, 0.15) is 12.0 Å². The number of carbonyl (C=O) groups excluding carboxylic acids is 1. The molecule has 5 rings (SSSR count). The zero-order chi connectivity index (χ0) is 25.8. The Morgan fingerprint density at radius 1 is 0.973 bits per heavy atom. The van der Waals surface area contributed by atoms with Crippen molar-refractivity contribution in [2.24, 2.45) is 0 Å². The Morgan fingerprint density at radius 2 is 1.70 bits per heavy atom. The summed E-state index contributed by atoms with van der Waals surface area (Å²) in [5, 5.41) is 0. The summed E-state index contributed by atoms with van der Waals surface area (Å²) in [5.74, 6) is 0. The number of hydrogen-bond acceptors (Lipinski definition) is 6. The lowest BCUT2D eigenvalue weighted by Crippen LogP contribution is -2.47. The van der Waals surface area contributed by atoms with E-state index in [1.807, 2.05) is 30.3 Å². The molecule has 0 radical (unpaired) electrons. The zero-order valence-electron chi connectivity index (χ0n) is 21.7. The van der Waals surface area contributed by atoms with Crippen molar-refractivity contribution in [2.75, 3.05) is 71.4 Å². The lowest BCUT2D eigenvalue weighted by molar-refractivity contribution is 0.0755. The minimum absolute atomic E-state index is 0.147. The van der Waals surface area contributed by atoms with Gasteiger partial charge in [-0.05, 0) is 35.9 Å². The zero-order valence-corrected chi connectivity index (χ0v) is 21.7. The van der Waals surface area contributed by atoms with Crippen LogP contribution >= 0.6 is 0 Å². The van der Waals surface area contributed by atoms with Gasteiger partial charge in [-0.15, -0.1) is 0 Å². The number of para-hydroxylation sites is 2. The maximum absolute atomic E-state index is 12.6. The van der Waals surface area contributed by atoms with E-state index in [1.54, 1.807) is 9.47 Å². The topological polar surface area (TPSA) is 77.1 Å². The quantitative estimate of drug-likeness (QED) is 0.533. The van der Waals surface area contributed by atoms with Gasteiger partial charge in [-0.3, -0.25) is 14.4 Å². The number of anilines is 1. The number of aromatic nitrogens is 2.